The smallest absolute Gasteiger partial charge is 0.243 e. The van der Waals surface area contributed by atoms with Gasteiger partial charge in [-0.25, -0.2) is 0 Å². The molecule has 14 N–H and O–H groups in total. The van der Waals surface area contributed by atoms with Gasteiger partial charge >= 0.3 is 0 Å². The van der Waals surface area contributed by atoms with Crippen molar-refractivity contribution in [1.29, 1.82) is 0 Å². The molecular weight excluding hydrogens is 590 g/mol. The number of phenolic OH excluding ortho intramolecular Hbond substituents is 1. The Labute approximate surface area is 269 Å². The average molecular weight is 640 g/mol. The van der Waals surface area contributed by atoms with Crippen LogP contribution < -0.4 is 44.6 Å². The van der Waals surface area contributed by atoms with Crippen molar-refractivity contribution in [2.24, 2.45) is 33.7 Å². The fourth-order valence-corrected chi connectivity index (χ4v) is 5.01. The van der Waals surface area contributed by atoms with Gasteiger partial charge in [-0.15, -0.1) is 0 Å². The summed E-state index contributed by atoms with van der Waals surface area (Å²) < 4.78 is 0. The fourth-order valence-electron chi connectivity index (χ4n) is 5.01. The van der Waals surface area contributed by atoms with Crippen LogP contribution in [0.3, 0.4) is 0 Å². The zero-order valence-electron chi connectivity index (χ0n) is 26.6. The molecule has 2 aromatic carbocycles. The molecule has 0 heterocycles. The van der Waals surface area contributed by atoms with E-state index in [0.29, 0.717) is 32.2 Å². The van der Waals surface area contributed by atoms with Gasteiger partial charge in [0.25, 0.3) is 0 Å². The van der Waals surface area contributed by atoms with Gasteiger partial charge in [0, 0.05) is 19.4 Å². The topological polar surface area (TPSA) is 267 Å². The third-order valence-electron chi connectivity index (χ3n) is 7.55. The van der Waals surface area contributed by atoms with E-state index in [9.17, 15) is 24.3 Å². The molecule has 14 heteroatoms. The first-order valence-corrected chi connectivity index (χ1v) is 15.4. The number of carbonyl (C=O) groups excluding carboxylic acids is 4. The number of nitrogens with zero attached hydrogens (tertiary/aromatic N) is 1. The molecule has 0 radical (unpaired) electrons. The third-order valence-corrected chi connectivity index (χ3v) is 7.55. The minimum atomic E-state index is -1.13. The Kier molecular flexibility index (Phi) is 15.5. The summed E-state index contributed by atoms with van der Waals surface area (Å²) in [6, 6.07) is 8.06. The molecule has 14 nitrogen and oxygen atoms in total. The number of guanidine groups is 1. The number of hydrogen-bond donors (Lipinski definition) is 9. The maximum absolute atomic E-state index is 13.7. The van der Waals surface area contributed by atoms with E-state index in [1.54, 1.807) is 26.0 Å². The molecule has 0 saturated carbocycles. The van der Waals surface area contributed by atoms with Crippen LogP contribution in [0.15, 0.2) is 47.5 Å². The number of rotatable bonds is 19. The Hall–Kier alpha value is -4.69. The molecular formula is C32H49N9O5. The summed E-state index contributed by atoms with van der Waals surface area (Å²) in [5, 5.41) is 18.1. The van der Waals surface area contributed by atoms with E-state index in [2.05, 4.69) is 20.9 Å². The first-order valence-electron chi connectivity index (χ1n) is 15.4. The van der Waals surface area contributed by atoms with E-state index in [1.165, 1.54) is 0 Å². The number of phenols is 1. The normalized spacial score (nSPS) is 13.5. The van der Waals surface area contributed by atoms with Gasteiger partial charge in [0.05, 0.1) is 6.04 Å². The van der Waals surface area contributed by atoms with Crippen molar-refractivity contribution < 1.29 is 24.3 Å². The van der Waals surface area contributed by atoms with Crippen molar-refractivity contribution in [2.45, 2.75) is 83.0 Å². The minimum Gasteiger partial charge on any atom is -0.508 e. The number of benzene rings is 2. The van der Waals surface area contributed by atoms with E-state index < -0.39 is 47.8 Å². The molecule has 0 aliphatic heterocycles. The summed E-state index contributed by atoms with van der Waals surface area (Å²) in [6.07, 6.45) is 2.40. The van der Waals surface area contributed by atoms with Crippen molar-refractivity contribution in [2.75, 3.05) is 13.1 Å². The lowest BCUT2D eigenvalue weighted by molar-refractivity contribution is -0.133. The van der Waals surface area contributed by atoms with Crippen LogP contribution in [0.2, 0.25) is 0 Å². The molecule has 0 aliphatic carbocycles. The minimum absolute atomic E-state index is 0.0718. The first kappa shape index (κ1) is 37.5. The number of aromatic hydroxyl groups is 1. The number of amides is 4. The molecule has 46 heavy (non-hydrogen) atoms. The van der Waals surface area contributed by atoms with Crippen molar-refractivity contribution in [3.8, 4) is 5.75 Å². The van der Waals surface area contributed by atoms with Crippen LogP contribution >= 0.6 is 0 Å². The Morgan fingerprint density at radius 3 is 1.96 bits per heavy atom. The van der Waals surface area contributed by atoms with Gasteiger partial charge in [-0.1, -0.05) is 36.8 Å². The van der Waals surface area contributed by atoms with E-state index in [0.717, 1.165) is 22.3 Å². The first-order chi connectivity index (χ1) is 21.8. The highest BCUT2D eigenvalue weighted by atomic mass is 16.3. The highest BCUT2D eigenvalue weighted by molar-refractivity contribution is 5.94. The zero-order chi connectivity index (χ0) is 34.2. The number of hydrogen-bond acceptors (Lipinski definition) is 8. The second-order valence-electron chi connectivity index (χ2n) is 11.4. The number of nitrogens with two attached hydrogens (primary N) is 5. The molecule has 4 amide bonds. The maximum Gasteiger partial charge on any atom is 0.243 e. The lowest BCUT2D eigenvalue weighted by Gasteiger charge is -2.26. The maximum atomic E-state index is 13.7. The summed E-state index contributed by atoms with van der Waals surface area (Å²) in [6.45, 7) is 4.22. The number of carbonyl (C=O) groups is 4. The molecule has 2 rings (SSSR count). The second-order valence-corrected chi connectivity index (χ2v) is 11.4. The largest absolute Gasteiger partial charge is 0.508 e. The molecule has 0 fully saturated rings. The van der Waals surface area contributed by atoms with Gasteiger partial charge in [0.15, 0.2) is 5.96 Å². The van der Waals surface area contributed by atoms with Gasteiger partial charge in [-0.2, -0.15) is 0 Å². The van der Waals surface area contributed by atoms with Gasteiger partial charge in [-0.3, -0.25) is 24.2 Å². The predicted octanol–water partition coefficient (Wildman–Crippen LogP) is -0.756. The highest BCUT2D eigenvalue weighted by Gasteiger charge is 2.30. The summed E-state index contributed by atoms with van der Waals surface area (Å²) in [5.41, 5.74) is 31.1. The van der Waals surface area contributed by atoms with Crippen LogP contribution in [-0.4, -0.2) is 72.0 Å². The number of unbranched alkanes of at least 4 members (excludes halogenated alkanes) is 1. The van der Waals surface area contributed by atoms with Crippen molar-refractivity contribution in [3.63, 3.8) is 0 Å². The van der Waals surface area contributed by atoms with Crippen LogP contribution in [-0.2, 0) is 32.0 Å². The molecule has 0 bridgehead atoms. The van der Waals surface area contributed by atoms with E-state index in [4.69, 9.17) is 28.7 Å². The Morgan fingerprint density at radius 2 is 1.37 bits per heavy atom. The lowest BCUT2D eigenvalue weighted by Crippen LogP contribution is -2.58. The van der Waals surface area contributed by atoms with Gasteiger partial charge in [0.1, 0.15) is 23.9 Å². The Morgan fingerprint density at radius 1 is 0.783 bits per heavy atom. The van der Waals surface area contributed by atoms with Crippen LogP contribution in [0.5, 0.6) is 5.75 Å². The van der Waals surface area contributed by atoms with Gasteiger partial charge < -0.3 is 49.7 Å². The second kappa shape index (κ2) is 19.0. The van der Waals surface area contributed by atoms with E-state index in [1.807, 2.05) is 30.3 Å². The molecule has 4 atom stereocenters. The third kappa shape index (κ3) is 12.7. The van der Waals surface area contributed by atoms with Crippen LogP contribution in [0, 0.1) is 13.8 Å². The Balaban J connectivity index is 2.30. The van der Waals surface area contributed by atoms with Gasteiger partial charge in [0.2, 0.25) is 23.6 Å². The van der Waals surface area contributed by atoms with Crippen LogP contribution in [0.25, 0.3) is 0 Å². The van der Waals surface area contributed by atoms with E-state index >= 15 is 0 Å². The molecule has 0 saturated heterocycles. The number of aliphatic imine (C=N–C) groups is 1. The molecule has 0 spiro atoms. The molecule has 2 aromatic rings. The molecule has 0 unspecified atom stereocenters. The average Bonchev–Trinajstić information content (AvgIpc) is 2.99. The standard InChI is InChI=1S/C32H49N9O5/c1-19-15-22(42)16-20(2)23(19)18-26(28(35)43)40-30(45)25(12-8-14-38-32(36)37)39-31(46)27(17-21-9-4-3-5-10-21)41-29(44)24(34)11-6-7-13-33/h3-5,9-10,15-16,24-27,42H,6-8,11-14,17-18,33-34H2,1-2H3,(H2,35,43)(H,39,46)(H,40,45)(H,41,44)(H4,36,37,38)/t24-,25+,26-,27-/m0/s1. The lowest BCUT2D eigenvalue weighted by atomic mass is 9.95. The van der Waals surface area contributed by atoms with Crippen molar-refractivity contribution in [3.05, 3.63) is 64.7 Å². The predicted molar refractivity (Wildman–Crippen MR) is 177 cm³/mol. The number of primary amides is 1. The highest BCUT2D eigenvalue weighted by Crippen LogP contribution is 2.22. The Bertz CT molecular complexity index is 1330. The number of nitrogens with one attached hydrogen (secondary N) is 3. The zero-order valence-corrected chi connectivity index (χ0v) is 26.6. The summed E-state index contributed by atoms with van der Waals surface area (Å²) in [5.74, 6) is -2.59. The molecule has 0 aromatic heterocycles. The molecule has 252 valence electrons. The summed E-state index contributed by atoms with van der Waals surface area (Å²) in [4.78, 5) is 56.7. The van der Waals surface area contributed by atoms with Gasteiger partial charge in [-0.05, 0) is 80.5 Å². The van der Waals surface area contributed by atoms with Crippen molar-refractivity contribution in [1.82, 2.24) is 16.0 Å². The van der Waals surface area contributed by atoms with Crippen LogP contribution in [0.1, 0.15) is 54.4 Å². The van der Waals surface area contributed by atoms with E-state index in [-0.39, 0.29) is 37.5 Å². The quantitative estimate of drug-likeness (QED) is 0.0530. The fraction of sp³-hybridized carbons (Fsp3) is 0.469. The van der Waals surface area contributed by atoms with Crippen LogP contribution in [0.4, 0.5) is 0 Å². The summed E-state index contributed by atoms with van der Waals surface area (Å²) in [7, 11) is 0. The number of aryl methyl sites for hydroxylation is 2. The molecule has 0 aliphatic rings. The summed E-state index contributed by atoms with van der Waals surface area (Å²) >= 11 is 0. The SMILES string of the molecule is Cc1cc(O)cc(C)c1C[C@H](NC(=O)[C@@H](CCCN=C(N)N)NC(=O)[C@H](Cc1ccccc1)NC(=O)[C@@H](N)CCCCN)C(N)=O. The van der Waals surface area contributed by atoms with Crippen molar-refractivity contribution >= 4 is 29.6 Å². The monoisotopic (exact) mass is 639 g/mol.